The molecule has 1 fully saturated rings. The van der Waals surface area contributed by atoms with Gasteiger partial charge in [-0.3, -0.25) is 14.5 Å². The molecule has 2 aromatic carbocycles. The number of furan rings is 1. The molecular formula is C29H29N3O4. The van der Waals surface area contributed by atoms with Crippen LogP contribution in [0.25, 0.3) is 16.8 Å². The van der Waals surface area contributed by atoms with Gasteiger partial charge in [0.05, 0.1) is 16.6 Å². The number of carbonyl (C=O) groups excluding carboxylic acids is 2. The Hall–Kier alpha value is -4.13. The first-order valence-electron chi connectivity index (χ1n) is 11.9. The van der Waals surface area contributed by atoms with Crippen molar-refractivity contribution >= 4 is 34.4 Å². The number of aliphatic hydroxyl groups is 1. The van der Waals surface area contributed by atoms with Crippen LogP contribution >= 0.6 is 0 Å². The molecule has 1 aliphatic rings. The maximum Gasteiger partial charge on any atom is 0.302 e. The quantitative estimate of drug-likeness (QED) is 0.211. The average molecular weight is 484 g/mol. The van der Waals surface area contributed by atoms with Crippen LogP contribution in [0.4, 0.5) is 5.95 Å². The second-order valence-corrected chi connectivity index (χ2v) is 10.5. The van der Waals surface area contributed by atoms with Crippen LogP contribution in [0, 0.1) is 20.8 Å². The number of nitrogens with zero attached hydrogens (tertiary/aromatic N) is 2. The van der Waals surface area contributed by atoms with Crippen LogP contribution in [0.1, 0.15) is 60.6 Å². The Labute approximate surface area is 209 Å². The summed E-state index contributed by atoms with van der Waals surface area (Å²) in [6, 6.07) is 14.0. The molecule has 0 saturated carbocycles. The molecule has 2 N–H and O–H groups in total. The third kappa shape index (κ3) is 3.81. The highest BCUT2D eigenvalue weighted by Crippen LogP contribution is 2.43. The fourth-order valence-electron chi connectivity index (χ4n) is 4.63. The van der Waals surface area contributed by atoms with Crippen molar-refractivity contribution in [3.8, 4) is 0 Å². The average Bonchev–Trinajstić information content (AvgIpc) is 3.48. The number of rotatable bonds is 3. The van der Waals surface area contributed by atoms with Crippen molar-refractivity contribution < 1.29 is 19.1 Å². The normalized spacial score (nSPS) is 17.9. The largest absolute Gasteiger partial charge is 0.507 e. The Morgan fingerprint density at radius 2 is 1.78 bits per heavy atom. The third-order valence-corrected chi connectivity index (χ3v) is 6.69. The second kappa shape index (κ2) is 8.22. The number of hydrogen-bond acceptors (Lipinski definition) is 5. The van der Waals surface area contributed by atoms with Crippen LogP contribution in [0.3, 0.4) is 0 Å². The number of ketones is 1. The molecule has 0 bridgehead atoms. The zero-order valence-electron chi connectivity index (χ0n) is 21.3. The van der Waals surface area contributed by atoms with E-state index in [1.807, 2.05) is 50.2 Å². The Bertz CT molecular complexity index is 1560. The lowest BCUT2D eigenvalue weighted by Crippen LogP contribution is -2.30. The second-order valence-electron chi connectivity index (χ2n) is 10.5. The number of hydrogen-bond donors (Lipinski definition) is 2. The van der Waals surface area contributed by atoms with E-state index in [0.29, 0.717) is 22.6 Å². The first kappa shape index (κ1) is 23.6. The Kier molecular flexibility index (Phi) is 5.39. The van der Waals surface area contributed by atoms with Crippen molar-refractivity contribution in [2.45, 2.75) is 53.0 Å². The topological polar surface area (TPSA) is 99.4 Å². The summed E-state index contributed by atoms with van der Waals surface area (Å²) in [6.45, 7) is 11.9. The van der Waals surface area contributed by atoms with Crippen molar-refractivity contribution in [1.82, 2.24) is 9.97 Å². The van der Waals surface area contributed by atoms with Gasteiger partial charge in [-0.25, -0.2) is 4.98 Å². The van der Waals surface area contributed by atoms with E-state index in [-0.39, 0.29) is 22.7 Å². The molecule has 1 atom stereocenters. The molecule has 1 saturated heterocycles. The minimum Gasteiger partial charge on any atom is -0.507 e. The smallest absolute Gasteiger partial charge is 0.302 e. The van der Waals surface area contributed by atoms with Gasteiger partial charge in [-0.15, -0.1) is 0 Å². The Morgan fingerprint density at radius 3 is 2.44 bits per heavy atom. The fraction of sp³-hybridized carbons (Fsp3) is 0.276. The van der Waals surface area contributed by atoms with Crippen LogP contribution in [0.15, 0.2) is 58.5 Å². The summed E-state index contributed by atoms with van der Waals surface area (Å²) in [4.78, 5) is 35.9. The summed E-state index contributed by atoms with van der Waals surface area (Å²) in [6.07, 6.45) is 0. The van der Waals surface area contributed by atoms with E-state index in [0.717, 1.165) is 22.2 Å². The molecule has 4 aromatic rings. The monoisotopic (exact) mass is 483 g/mol. The van der Waals surface area contributed by atoms with Gasteiger partial charge in [-0.2, -0.15) is 0 Å². The molecule has 7 heteroatoms. The Morgan fingerprint density at radius 1 is 1.03 bits per heavy atom. The lowest BCUT2D eigenvalue weighted by Gasteiger charge is -2.22. The number of benzene rings is 2. The lowest BCUT2D eigenvalue weighted by atomic mass is 9.84. The van der Waals surface area contributed by atoms with Gasteiger partial charge in [0.2, 0.25) is 5.95 Å². The molecule has 36 heavy (non-hydrogen) atoms. The molecule has 2 aromatic heterocycles. The Balaban J connectivity index is 1.74. The number of aliphatic hydroxyl groups excluding tert-OH is 1. The SMILES string of the molecule is Cc1ccc2nc(N3C(=O)C(=O)/C(=C(/O)c4cc(C(C)(C)C)ccc4C)C3c3ccc(C)o3)[nH]c2c1. The van der Waals surface area contributed by atoms with E-state index >= 15 is 0 Å². The maximum atomic E-state index is 13.5. The van der Waals surface area contributed by atoms with Gasteiger partial charge < -0.3 is 14.5 Å². The molecular weight excluding hydrogens is 454 g/mol. The number of carbonyl (C=O) groups is 2. The number of imidazole rings is 1. The molecule has 1 unspecified atom stereocenters. The molecule has 7 nitrogen and oxygen atoms in total. The summed E-state index contributed by atoms with van der Waals surface area (Å²) in [5.74, 6) is -0.586. The van der Waals surface area contributed by atoms with E-state index in [1.165, 1.54) is 4.90 Å². The minimum atomic E-state index is -0.974. The first-order chi connectivity index (χ1) is 17.0. The highest BCUT2D eigenvalue weighted by molar-refractivity contribution is 6.51. The summed E-state index contributed by atoms with van der Waals surface area (Å²) >= 11 is 0. The zero-order chi connectivity index (χ0) is 25.9. The molecule has 184 valence electrons. The van der Waals surface area contributed by atoms with Crippen LogP contribution < -0.4 is 4.90 Å². The van der Waals surface area contributed by atoms with Crippen LogP contribution in [-0.4, -0.2) is 26.8 Å². The molecule has 1 aliphatic heterocycles. The number of anilines is 1. The number of aryl methyl sites for hydroxylation is 3. The van der Waals surface area contributed by atoms with Crippen molar-refractivity contribution in [3.05, 3.63) is 87.9 Å². The number of fused-ring (bicyclic) bond motifs is 1. The summed E-state index contributed by atoms with van der Waals surface area (Å²) in [7, 11) is 0. The fourth-order valence-corrected chi connectivity index (χ4v) is 4.63. The molecule has 3 heterocycles. The van der Waals surface area contributed by atoms with Crippen LogP contribution in [0.2, 0.25) is 0 Å². The van der Waals surface area contributed by atoms with Gasteiger partial charge >= 0.3 is 5.91 Å². The summed E-state index contributed by atoms with van der Waals surface area (Å²) in [5, 5.41) is 11.6. The van der Waals surface area contributed by atoms with E-state index in [1.54, 1.807) is 19.1 Å². The number of aromatic nitrogens is 2. The van der Waals surface area contributed by atoms with Crippen molar-refractivity contribution in [2.75, 3.05) is 4.90 Å². The molecule has 1 amide bonds. The summed E-state index contributed by atoms with van der Waals surface area (Å²) < 4.78 is 5.90. The van der Waals surface area contributed by atoms with E-state index < -0.39 is 17.7 Å². The number of H-pyrrole nitrogens is 1. The maximum absolute atomic E-state index is 13.5. The number of Topliss-reactive ketones (excluding diaryl/α,β-unsaturated/α-hetero) is 1. The van der Waals surface area contributed by atoms with Gasteiger partial charge in [0, 0.05) is 5.56 Å². The standard InChI is InChI=1S/C29H29N3O4/c1-15-7-11-20-21(13-15)31-28(30-20)32-24(22-12-9-17(3)36-22)23(26(34)27(32)35)25(33)19-14-18(29(4,5)6)10-8-16(19)2/h7-14,24,33H,1-6H3,(H,30,31)/b25-23+. The number of aromatic amines is 1. The summed E-state index contributed by atoms with van der Waals surface area (Å²) in [5.41, 5.74) is 4.55. The molecule has 0 aliphatic carbocycles. The number of nitrogens with one attached hydrogen (secondary N) is 1. The molecule has 0 spiro atoms. The van der Waals surface area contributed by atoms with Crippen molar-refractivity contribution in [3.63, 3.8) is 0 Å². The minimum absolute atomic E-state index is 0.0276. The number of amides is 1. The van der Waals surface area contributed by atoms with Crippen molar-refractivity contribution in [2.24, 2.45) is 0 Å². The lowest BCUT2D eigenvalue weighted by molar-refractivity contribution is -0.132. The highest BCUT2D eigenvalue weighted by atomic mass is 16.3. The highest BCUT2D eigenvalue weighted by Gasteiger charge is 2.49. The van der Waals surface area contributed by atoms with Crippen LogP contribution in [-0.2, 0) is 15.0 Å². The molecule has 5 rings (SSSR count). The van der Waals surface area contributed by atoms with E-state index in [4.69, 9.17) is 4.42 Å². The van der Waals surface area contributed by atoms with E-state index in [9.17, 15) is 14.7 Å². The van der Waals surface area contributed by atoms with Gasteiger partial charge in [-0.1, -0.05) is 39.0 Å². The van der Waals surface area contributed by atoms with Gasteiger partial charge in [0.1, 0.15) is 23.3 Å². The van der Waals surface area contributed by atoms with Gasteiger partial charge in [0.25, 0.3) is 5.78 Å². The zero-order valence-corrected chi connectivity index (χ0v) is 21.3. The van der Waals surface area contributed by atoms with Crippen molar-refractivity contribution in [1.29, 1.82) is 0 Å². The van der Waals surface area contributed by atoms with Gasteiger partial charge in [0.15, 0.2) is 0 Å². The predicted molar refractivity (Wildman–Crippen MR) is 139 cm³/mol. The third-order valence-electron chi connectivity index (χ3n) is 6.69. The van der Waals surface area contributed by atoms with Gasteiger partial charge in [-0.05, 0) is 73.2 Å². The molecule has 0 radical (unpaired) electrons. The van der Waals surface area contributed by atoms with E-state index in [2.05, 4.69) is 30.7 Å². The predicted octanol–water partition coefficient (Wildman–Crippen LogP) is 6.00. The first-order valence-corrected chi connectivity index (χ1v) is 11.9. The van der Waals surface area contributed by atoms with Crippen LogP contribution in [0.5, 0.6) is 0 Å².